The van der Waals surface area contributed by atoms with Gasteiger partial charge in [0.15, 0.2) is 0 Å². The van der Waals surface area contributed by atoms with E-state index in [2.05, 4.69) is 5.32 Å². The summed E-state index contributed by atoms with van der Waals surface area (Å²) in [4.78, 5) is 11.5. The van der Waals surface area contributed by atoms with E-state index in [1.54, 1.807) is 24.3 Å². The second-order valence-electron chi connectivity index (χ2n) is 4.19. The third-order valence-electron chi connectivity index (χ3n) is 2.85. The first-order valence-electron chi connectivity index (χ1n) is 5.96. The van der Waals surface area contributed by atoms with E-state index in [0.29, 0.717) is 12.2 Å². The first kappa shape index (κ1) is 13.7. The van der Waals surface area contributed by atoms with Crippen LogP contribution in [-0.4, -0.2) is 16.1 Å². The lowest BCUT2D eigenvalue weighted by Gasteiger charge is -2.10. The van der Waals surface area contributed by atoms with Crippen molar-refractivity contribution in [3.63, 3.8) is 0 Å². The third kappa shape index (κ3) is 2.99. The van der Waals surface area contributed by atoms with Crippen LogP contribution in [-0.2, 0) is 6.54 Å². The molecule has 0 bridgehead atoms. The predicted octanol–water partition coefficient (Wildman–Crippen LogP) is 1.31. The topological polar surface area (TPSA) is 108 Å². The van der Waals surface area contributed by atoms with Gasteiger partial charge in [0.25, 0.3) is 5.91 Å². The minimum atomic E-state index is -0.575. The van der Waals surface area contributed by atoms with Gasteiger partial charge in [-0.2, -0.15) is 0 Å². The fraction of sp³-hybridized carbons (Fsp3) is 0.0714. The molecule has 0 aromatic heterocycles. The number of para-hydroxylation sites is 1. The van der Waals surface area contributed by atoms with E-state index < -0.39 is 5.91 Å². The lowest BCUT2D eigenvalue weighted by molar-refractivity contribution is 0.0951. The van der Waals surface area contributed by atoms with Gasteiger partial charge in [-0.25, -0.2) is 5.84 Å². The molecule has 0 aliphatic heterocycles. The molecule has 0 unspecified atom stereocenters. The van der Waals surface area contributed by atoms with Gasteiger partial charge >= 0.3 is 0 Å². The molecule has 0 fully saturated rings. The van der Waals surface area contributed by atoms with E-state index in [-0.39, 0.29) is 17.1 Å². The average molecular weight is 273 g/mol. The molecule has 0 saturated heterocycles. The summed E-state index contributed by atoms with van der Waals surface area (Å²) in [7, 11) is 0. The molecule has 6 nitrogen and oxygen atoms in total. The molecule has 0 aliphatic rings. The van der Waals surface area contributed by atoms with Crippen molar-refractivity contribution in [3.8, 4) is 11.5 Å². The summed E-state index contributed by atoms with van der Waals surface area (Å²) < 4.78 is 0. The number of nitrogen functional groups attached to an aromatic ring is 1. The summed E-state index contributed by atoms with van der Waals surface area (Å²) in [5, 5.41) is 22.3. The lowest BCUT2D eigenvalue weighted by atomic mass is 10.1. The quantitative estimate of drug-likeness (QED) is 0.250. The van der Waals surface area contributed by atoms with Crippen LogP contribution in [0.4, 0.5) is 5.69 Å². The van der Waals surface area contributed by atoms with Crippen LogP contribution >= 0.6 is 0 Å². The molecule has 6 heteroatoms. The maximum absolute atomic E-state index is 11.5. The third-order valence-corrected chi connectivity index (χ3v) is 2.85. The van der Waals surface area contributed by atoms with Crippen molar-refractivity contribution in [2.75, 3.05) is 5.32 Å². The van der Waals surface area contributed by atoms with Crippen molar-refractivity contribution < 1.29 is 15.0 Å². The smallest absolute Gasteiger partial charge is 0.269 e. The van der Waals surface area contributed by atoms with Crippen molar-refractivity contribution in [1.82, 2.24) is 5.43 Å². The zero-order valence-corrected chi connectivity index (χ0v) is 10.6. The number of phenols is 2. The molecule has 104 valence electrons. The van der Waals surface area contributed by atoms with Gasteiger partial charge in [-0.15, -0.1) is 0 Å². The second-order valence-corrected chi connectivity index (χ2v) is 4.19. The standard InChI is InChI=1S/C14H15N3O3/c15-17-14(20)11-7-10(5-6-13(11)19)16-8-9-3-1-2-4-12(9)18/h1-7,16,18-19H,8,15H2,(H,17,20). The monoisotopic (exact) mass is 273 g/mol. The van der Waals surface area contributed by atoms with Crippen LogP contribution < -0.4 is 16.6 Å². The Morgan fingerprint density at radius 3 is 2.55 bits per heavy atom. The number of carbonyl (C=O) groups is 1. The number of rotatable bonds is 4. The van der Waals surface area contributed by atoms with Crippen LogP contribution in [0.25, 0.3) is 0 Å². The molecule has 2 rings (SSSR count). The van der Waals surface area contributed by atoms with Crippen LogP contribution in [0.5, 0.6) is 11.5 Å². The molecule has 6 N–H and O–H groups in total. The first-order valence-corrected chi connectivity index (χ1v) is 5.96. The maximum atomic E-state index is 11.5. The zero-order chi connectivity index (χ0) is 14.5. The molecule has 0 aliphatic carbocycles. The van der Waals surface area contributed by atoms with Crippen LogP contribution in [0.15, 0.2) is 42.5 Å². The first-order chi connectivity index (χ1) is 9.61. The Kier molecular flexibility index (Phi) is 4.07. The fourth-order valence-electron chi connectivity index (χ4n) is 1.76. The molecular weight excluding hydrogens is 258 g/mol. The molecule has 1 amide bonds. The van der Waals surface area contributed by atoms with Gasteiger partial charge in [0, 0.05) is 17.8 Å². The Balaban J connectivity index is 2.14. The number of carbonyl (C=O) groups excluding carboxylic acids is 1. The van der Waals surface area contributed by atoms with E-state index in [1.165, 1.54) is 12.1 Å². The normalized spacial score (nSPS) is 10.1. The Bertz CT molecular complexity index is 629. The molecule has 0 heterocycles. The Labute approximate surface area is 115 Å². The molecule has 2 aromatic rings. The maximum Gasteiger partial charge on any atom is 0.269 e. The summed E-state index contributed by atoms with van der Waals surface area (Å²) in [5.74, 6) is 4.51. The summed E-state index contributed by atoms with van der Waals surface area (Å²) in [5.41, 5.74) is 3.40. The molecular formula is C14H15N3O3. The van der Waals surface area contributed by atoms with Crippen molar-refractivity contribution in [3.05, 3.63) is 53.6 Å². The Hall–Kier alpha value is -2.73. The zero-order valence-electron chi connectivity index (χ0n) is 10.6. The van der Waals surface area contributed by atoms with E-state index in [1.807, 2.05) is 11.5 Å². The number of anilines is 1. The molecule has 0 saturated carbocycles. The van der Waals surface area contributed by atoms with Gasteiger partial charge < -0.3 is 15.5 Å². The Morgan fingerprint density at radius 2 is 1.85 bits per heavy atom. The minimum absolute atomic E-state index is 0.0785. The number of hydrogen-bond donors (Lipinski definition) is 5. The van der Waals surface area contributed by atoms with Crippen LogP contribution in [0.3, 0.4) is 0 Å². The number of nitrogens with one attached hydrogen (secondary N) is 2. The molecule has 2 aromatic carbocycles. The van der Waals surface area contributed by atoms with Gasteiger partial charge in [0.2, 0.25) is 0 Å². The largest absolute Gasteiger partial charge is 0.508 e. The van der Waals surface area contributed by atoms with Crippen molar-refractivity contribution in [1.29, 1.82) is 0 Å². The Morgan fingerprint density at radius 1 is 1.10 bits per heavy atom. The van der Waals surface area contributed by atoms with E-state index >= 15 is 0 Å². The summed E-state index contributed by atoms with van der Waals surface area (Å²) in [6, 6.07) is 11.5. The number of phenolic OH excluding ortho intramolecular Hbond substituents is 2. The minimum Gasteiger partial charge on any atom is -0.508 e. The lowest BCUT2D eigenvalue weighted by Crippen LogP contribution is -2.30. The number of hydrogen-bond acceptors (Lipinski definition) is 5. The predicted molar refractivity (Wildman–Crippen MR) is 75.2 cm³/mol. The van der Waals surface area contributed by atoms with Gasteiger partial charge in [0.05, 0.1) is 5.56 Å². The number of nitrogens with two attached hydrogens (primary N) is 1. The van der Waals surface area contributed by atoms with Crippen LogP contribution in [0.1, 0.15) is 15.9 Å². The van der Waals surface area contributed by atoms with Crippen molar-refractivity contribution in [2.45, 2.75) is 6.54 Å². The number of aromatic hydroxyl groups is 2. The highest BCUT2D eigenvalue weighted by molar-refractivity contribution is 5.97. The SMILES string of the molecule is NNC(=O)c1cc(NCc2ccccc2O)ccc1O. The molecule has 20 heavy (non-hydrogen) atoms. The number of hydrazine groups is 1. The number of amides is 1. The van der Waals surface area contributed by atoms with Gasteiger partial charge in [-0.1, -0.05) is 18.2 Å². The number of benzene rings is 2. The molecule has 0 atom stereocenters. The van der Waals surface area contributed by atoms with Gasteiger partial charge in [0.1, 0.15) is 11.5 Å². The van der Waals surface area contributed by atoms with E-state index in [4.69, 9.17) is 5.84 Å². The highest BCUT2D eigenvalue weighted by atomic mass is 16.3. The summed E-state index contributed by atoms with van der Waals surface area (Å²) in [6.07, 6.45) is 0. The highest BCUT2D eigenvalue weighted by Gasteiger charge is 2.10. The fourth-order valence-corrected chi connectivity index (χ4v) is 1.76. The second kappa shape index (κ2) is 5.94. The summed E-state index contributed by atoms with van der Waals surface area (Å²) >= 11 is 0. The van der Waals surface area contributed by atoms with Crippen LogP contribution in [0.2, 0.25) is 0 Å². The van der Waals surface area contributed by atoms with Crippen molar-refractivity contribution >= 4 is 11.6 Å². The van der Waals surface area contributed by atoms with Gasteiger partial charge in [-0.05, 0) is 24.3 Å². The van der Waals surface area contributed by atoms with E-state index in [0.717, 1.165) is 5.56 Å². The average Bonchev–Trinajstić information content (AvgIpc) is 2.47. The van der Waals surface area contributed by atoms with Crippen LogP contribution in [0, 0.1) is 0 Å². The molecule has 0 spiro atoms. The van der Waals surface area contributed by atoms with Crippen molar-refractivity contribution in [2.24, 2.45) is 5.84 Å². The summed E-state index contributed by atoms with van der Waals surface area (Å²) in [6.45, 7) is 0.390. The molecule has 0 radical (unpaired) electrons. The van der Waals surface area contributed by atoms with E-state index in [9.17, 15) is 15.0 Å². The highest BCUT2D eigenvalue weighted by Crippen LogP contribution is 2.23. The van der Waals surface area contributed by atoms with Gasteiger partial charge in [-0.3, -0.25) is 10.2 Å².